The van der Waals surface area contributed by atoms with Crippen molar-refractivity contribution >= 4 is 16.9 Å². The van der Waals surface area contributed by atoms with Crippen LogP contribution >= 0.6 is 11.8 Å². The number of nitrogens with one attached hydrogen (secondary N) is 1. The molecule has 1 heterocycles. The van der Waals surface area contributed by atoms with E-state index in [9.17, 15) is 0 Å². The third-order valence-electron chi connectivity index (χ3n) is 0.671. The molecule has 0 spiro atoms. The molecule has 0 atom stereocenters. The first-order chi connectivity index (χ1) is 4.79. The summed E-state index contributed by atoms with van der Waals surface area (Å²) in [7, 11) is 0. The van der Waals surface area contributed by atoms with E-state index in [0.29, 0.717) is 5.16 Å². The Hall–Kier alpha value is -1.17. The normalized spacial score (nSPS) is 9.20. The van der Waals surface area contributed by atoms with Crippen molar-refractivity contribution in [1.82, 2.24) is 15.0 Å². The van der Waals surface area contributed by atoms with Gasteiger partial charge in [0, 0.05) is 0 Å². The molecule has 5 nitrogen and oxygen atoms in total. The molecule has 0 bridgehead atoms. The van der Waals surface area contributed by atoms with Crippen LogP contribution in [0.2, 0.25) is 0 Å². The van der Waals surface area contributed by atoms with Crippen molar-refractivity contribution in [2.45, 2.75) is 5.16 Å². The molecule has 1 rings (SSSR count). The van der Waals surface area contributed by atoms with Crippen molar-refractivity contribution in [2.75, 3.05) is 0 Å². The fourth-order valence-electron chi connectivity index (χ4n) is 0.380. The number of hydrogen-bond acceptors (Lipinski definition) is 5. The fraction of sp³-hybridized carbons (Fsp3) is 0. The molecule has 1 aromatic rings. The van der Waals surface area contributed by atoms with Crippen molar-refractivity contribution in [3.63, 3.8) is 0 Å². The Morgan fingerprint density at radius 3 is 2.60 bits per heavy atom. The van der Waals surface area contributed by atoms with Gasteiger partial charge in [-0.1, -0.05) is 0 Å². The van der Waals surface area contributed by atoms with Crippen molar-refractivity contribution in [3.8, 4) is 0 Å². The highest BCUT2D eigenvalue weighted by Crippen LogP contribution is 2.07. The average molecular weight is 155 g/mol. The van der Waals surface area contributed by atoms with Gasteiger partial charge in [-0.25, -0.2) is 15.0 Å². The van der Waals surface area contributed by atoms with Crippen LogP contribution in [0.25, 0.3) is 0 Å². The maximum absolute atomic E-state index is 6.87. The molecule has 6 heteroatoms. The first kappa shape index (κ1) is 6.94. The summed E-state index contributed by atoms with van der Waals surface area (Å²) < 4.78 is 0. The largest absolute Gasteiger partial charge is 0.378 e. The van der Waals surface area contributed by atoms with Crippen LogP contribution in [0.3, 0.4) is 0 Å². The second-order valence-corrected chi connectivity index (χ2v) is 2.40. The molecule has 0 aromatic carbocycles. The number of nitrogens with zero attached hydrogens (tertiary/aromatic N) is 3. The molecule has 10 heavy (non-hydrogen) atoms. The highest BCUT2D eigenvalue weighted by atomic mass is 32.2. The van der Waals surface area contributed by atoms with Gasteiger partial charge in [0.25, 0.3) is 0 Å². The van der Waals surface area contributed by atoms with Gasteiger partial charge in [0.2, 0.25) is 0 Å². The van der Waals surface area contributed by atoms with Crippen LogP contribution < -0.4 is 5.73 Å². The van der Waals surface area contributed by atoms with E-state index in [4.69, 9.17) is 11.1 Å². The number of amidine groups is 1. The molecule has 0 saturated carbocycles. The first-order valence-electron chi connectivity index (χ1n) is 2.43. The number of rotatable bonds is 1. The van der Waals surface area contributed by atoms with E-state index in [1.54, 1.807) is 0 Å². The van der Waals surface area contributed by atoms with Gasteiger partial charge in [0.15, 0.2) is 10.3 Å². The first-order valence-corrected chi connectivity index (χ1v) is 3.24. The van der Waals surface area contributed by atoms with Crippen LogP contribution in [-0.2, 0) is 0 Å². The van der Waals surface area contributed by atoms with Crippen LogP contribution in [0.5, 0.6) is 0 Å². The van der Waals surface area contributed by atoms with Gasteiger partial charge in [0.05, 0.1) is 0 Å². The minimum atomic E-state index is -0.0220. The molecule has 0 unspecified atom stereocenters. The van der Waals surface area contributed by atoms with E-state index in [1.165, 1.54) is 12.7 Å². The van der Waals surface area contributed by atoms with Gasteiger partial charge < -0.3 is 5.73 Å². The minimum Gasteiger partial charge on any atom is -0.378 e. The molecule has 0 amide bonds. The molecule has 0 saturated heterocycles. The average Bonchev–Trinajstić information content (AvgIpc) is 1.88. The molecule has 0 aliphatic rings. The monoisotopic (exact) mass is 155 g/mol. The fourth-order valence-corrected chi connectivity index (χ4v) is 0.776. The molecule has 0 aliphatic heterocycles. The van der Waals surface area contributed by atoms with E-state index in [1.807, 2.05) is 0 Å². The predicted molar refractivity (Wildman–Crippen MR) is 37.6 cm³/mol. The standard InChI is InChI=1S/C4H5N5S/c5-3(6)10-4-8-1-7-2-9-4/h1-2H,(H3,5,6). The van der Waals surface area contributed by atoms with Crippen LogP contribution in [0.15, 0.2) is 17.8 Å². The Kier molecular flexibility index (Phi) is 2.16. The summed E-state index contributed by atoms with van der Waals surface area (Å²) in [6, 6.07) is 0. The maximum Gasteiger partial charge on any atom is 0.198 e. The summed E-state index contributed by atoms with van der Waals surface area (Å²) in [6.45, 7) is 0. The Morgan fingerprint density at radius 2 is 2.10 bits per heavy atom. The van der Waals surface area contributed by atoms with Crippen molar-refractivity contribution in [1.29, 1.82) is 5.41 Å². The lowest BCUT2D eigenvalue weighted by atomic mass is 11.1. The number of nitrogens with two attached hydrogens (primary N) is 1. The van der Waals surface area contributed by atoms with Crippen molar-refractivity contribution in [3.05, 3.63) is 12.7 Å². The van der Waals surface area contributed by atoms with Gasteiger partial charge in [-0.05, 0) is 11.8 Å². The van der Waals surface area contributed by atoms with E-state index < -0.39 is 0 Å². The molecule has 3 N–H and O–H groups in total. The van der Waals surface area contributed by atoms with Gasteiger partial charge in [0.1, 0.15) is 12.7 Å². The maximum atomic E-state index is 6.87. The van der Waals surface area contributed by atoms with Crippen molar-refractivity contribution in [2.24, 2.45) is 5.73 Å². The molecule has 0 aliphatic carbocycles. The van der Waals surface area contributed by atoms with E-state index >= 15 is 0 Å². The Balaban J connectivity index is 2.67. The predicted octanol–water partition coefficient (Wildman–Crippen LogP) is -0.143. The summed E-state index contributed by atoms with van der Waals surface area (Å²) in [5.74, 6) is 0. The quantitative estimate of drug-likeness (QED) is 0.334. The lowest BCUT2D eigenvalue weighted by molar-refractivity contribution is 0.905. The molecule has 1 aromatic heterocycles. The summed E-state index contributed by atoms with van der Waals surface area (Å²) >= 11 is 0.997. The van der Waals surface area contributed by atoms with Crippen LogP contribution in [-0.4, -0.2) is 20.1 Å². The highest BCUT2D eigenvalue weighted by molar-refractivity contribution is 8.13. The van der Waals surface area contributed by atoms with Gasteiger partial charge in [-0.3, -0.25) is 5.41 Å². The van der Waals surface area contributed by atoms with Gasteiger partial charge in [-0.15, -0.1) is 0 Å². The molecule has 52 valence electrons. The number of aromatic nitrogens is 3. The van der Waals surface area contributed by atoms with E-state index in [2.05, 4.69) is 15.0 Å². The van der Waals surface area contributed by atoms with Gasteiger partial charge >= 0.3 is 0 Å². The zero-order valence-corrected chi connectivity index (χ0v) is 5.80. The van der Waals surface area contributed by atoms with Gasteiger partial charge in [-0.2, -0.15) is 0 Å². The Morgan fingerprint density at radius 1 is 1.50 bits per heavy atom. The highest BCUT2D eigenvalue weighted by Gasteiger charge is 1.95. The molecule has 0 radical (unpaired) electrons. The van der Waals surface area contributed by atoms with Crippen molar-refractivity contribution < 1.29 is 0 Å². The summed E-state index contributed by atoms with van der Waals surface area (Å²) in [4.78, 5) is 11.1. The summed E-state index contributed by atoms with van der Waals surface area (Å²) in [5, 5.41) is 7.30. The summed E-state index contributed by atoms with van der Waals surface area (Å²) in [6.07, 6.45) is 2.72. The van der Waals surface area contributed by atoms with E-state index in [0.717, 1.165) is 11.8 Å². The number of thioether (sulfide) groups is 1. The molecule has 0 fully saturated rings. The van der Waals surface area contributed by atoms with Crippen LogP contribution in [0.1, 0.15) is 0 Å². The third kappa shape index (κ3) is 1.98. The minimum absolute atomic E-state index is 0.0220. The topological polar surface area (TPSA) is 88.5 Å². The molecular weight excluding hydrogens is 150 g/mol. The van der Waals surface area contributed by atoms with Crippen LogP contribution in [0, 0.1) is 5.41 Å². The summed E-state index contributed by atoms with van der Waals surface area (Å²) in [5.41, 5.74) is 5.07. The van der Waals surface area contributed by atoms with E-state index in [-0.39, 0.29) is 5.17 Å². The lowest BCUT2D eigenvalue weighted by Gasteiger charge is -1.92. The molecular formula is C4H5N5S. The number of hydrogen-bond donors (Lipinski definition) is 2. The Bertz CT molecular complexity index is 222. The zero-order chi connectivity index (χ0) is 7.40. The van der Waals surface area contributed by atoms with Crippen LogP contribution in [0.4, 0.5) is 0 Å². The second-order valence-electron chi connectivity index (χ2n) is 1.39. The second kappa shape index (κ2) is 3.11. The third-order valence-corrected chi connectivity index (χ3v) is 1.28. The Labute approximate surface area is 61.6 Å². The zero-order valence-electron chi connectivity index (χ0n) is 4.98. The lowest BCUT2D eigenvalue weighted by Crippen LogP contribution is -2.04. The SMILES string of the molecule is N=C(N)Sc1ncncn1. The smallest absolute Gasteiger partial charge is 0.198 e.